The van der Waals surface area contributed by atoms with E-state index < -0.39 is 11.0 Å². The maximum absolute atomic E-state index is 13.0. The third-order valence-electron chi connectivity index (χ3n) is 9.89. The summed E-state index contributed by atoms with van der Waals surface area (Å²) in [7, 11) is 3.95. The highest BCUT2D eigenvalue weighted by atomic mass is 16.5. The van der Waals surface area contributed by atoms with Gasteiger partial charge in [0.15, 0.2) is 0 Å². The maximum atomic E-state index is 13.0. The average molecular weight is 480 g/mol. The van der Waals surface area contributed by atoms with Crippen LogP contribution in [0, 0.1) is 19.8 Å². The van der Waals surface area contributed by atoms with Crippen molar-refractivity contribution in [2.45, 2.75) is 109 Å². The van der Waals surface area contributed by atoms with Crippen LogP contribution in [0.15, 0.2) is 18.2 Å². The number of aryl methyl sites for hydroxylation is 2. The number of hydrogen-bond donors (Lipinski definition) is 1. The van der Waals surface area contributed by atoms with Crippen LogP contribution < -0.4 is 4.74 Å². The van der Waals surface area contributed by atoms with Crippen LogP contribution in [0.5, 0.6) is 5.75 Å². The molecule has 0 aliphatic heterocycles. The fourth-order valence-electron chi connectivity index (χ4n) is 7.35. The molecule has 3 atom stereocenters. The Labute approximate surface area is 211 Å². The standard InChI is InChI=1S/C30H45N3O2/c1-7-29(27-16-25(35-6)15-12-20(27)2)18-28-26(21(3)31-33(28)24-10-8-9-11-24)17-30(29,34)22(4)32(5)19-23-13-14-23/h12,15-16,22-24,34H,7-11,13-14,17-19H2,1-6H3/t22-,29-,30-/m1/s1. The summed E-state index contributed by atoms with van der Waals surface area (Å²) in [6.45, 7) is 9.93. The third-order valence-corrected chi connectivity index (χ3v) is 9.89. The summed E-state index contributed by atoms with van der Waals surface area (Å²) in [5.74, 6) is 1.65. The van der Waals surface area contributed by atoms with E-state index in [0.29, 0.717) is 12.5 Å². The molecule has 1 N–H and O–H groups in total. The highest BCUT2D eigenvalue weighted by molar-refractivity contribution is 5.48. The van der Waals surface area contributed by atoms with Crippen LogP contribution in [0.3, 0.4) is 0 Å². The zero-order chi connectivity index (χ0) is 25.0. The molecule has 5 rings (SSSR count). The summed E-state index contributed by atoms with van der Waals surface area (Å²) in [5, 5.41) is 18.1. The Morgan fingerprint density at radius 1 is 1.17 bits per heavy atom. The van der Waals surface area contributed by atoms with Gasteiger partial charge in [0.2, 0.25) is 0 Å². The molecule has 1 aromatic carbocycles. The van der Waals surface area contributed by atoms with Gasteiger partial charge in [0.1, 0.15) is 5.75 Å². The van der Waals surface area contributed by atoms with Gasteiger partial charge in [-0.2, -0.15) is 5.10 Å². The van der Waals surface area contributed by atoms with E-state index in [1.165, 1.54) is 60.9 Å². The number of hydrogen-bond acceptors (Lipinski definition) is 4. The Morgan fingerprint density at radius 3 is 2.51 bits per heavy atom. The molecule has 0 radical (unpaired) electrons. The second kappa shape index (κ2) is 9.23. The first-order valence-corrected chi connectivity index (χ1v) is 13.9. The fourth-order valence-corrected chi connectivity index (χ4v) is 7.35. The van der Waals surface area contributed by atoms with Crippen molar-refractivity contribution in [3.8, 4) is 5.75 Å². The smallest absolute Gasteiger partial charge is 0.119 e. The van der Waals surface area contributed by atoms with E-state index in [1.807, 2.05) is 6.07 Å². The van der Waals surface area contributed by atoms with Crippen LogP contribution in [0.4, 0.5) is 0 Å². The molecule has 2 saturated carbocycles. The van der Waals surface area contributed by atoms with Gasteiger partial charge in [-0.15, -0.1) is 0 Å². The van der Waals surface area contributed by atoms with Crippen LogP contribution >= 0.6 is 0 Å². The monoisotopic (exact) mass is 479 g/mol. The number of aliphatic hydroxyl groups is 1. The minimum absolute atomic E-state index is 0.0241. The SMILES string of the molecule is CC[C@]1(c2cc(OC)ccc2C)Cc2c(c(C)nn2C2CCCC2)C[C@@]1(O)[C@@H](C)N(C)CC1CC1. The minimum Gasteiger partial charge on any atom is -0.497 e. The van der Waals surface area contributed by atoms with Crippen molar-refractivity contribution in [1.82, 2.24) is 14.7 Å². The Bertz CT molecular complexity index is 1070. The van der Waals surface area contributed by atoms with E-state index in [0.717, 1.165) is 36.7 Å². The minimum atomic E-state index is -0.913. The van der Waals surface area contributed by atoms with E-state index in [9.17, 15) is 5.11 Å². The van der Waals surface area contributed by atoms with Crippen molar-refractivity contribution in [2.24, 2.45) is 5.92 Å². The van der Waals surface area contributed by atoms with Gasteiger partial charge in [-0.05, 0) is 94.7 Å². The van der Waals surface area contributed by atoms with E-state index in [-0.39, 0.29) is 6.04 Å². The summed E-state index contributed by atoms with van der Waals surface area (Å²) in [4.78, 5) is 2.43. The maximum Gasteiger partial charge on any atom is 0.119 e. The number of rotatable bonds is 8. The highest BCUT2D eigenvalue weighted by Crippen LogP contribution is 2.53. The quantitative estimate of drug-likeness (QED) is 0.541. The van der Waals surface area contributed by atoms with Crippen LogP contribution in [0.2, 0.25) is 0 Å². The molecule has 0 amide bonds. The van der Waals surface area contributed by atoms with Gasteiger partial charge in [0.05, 0.1) is 24.4 Å². The molecule has 35 heavy (non-hydrogen) atoms. The molecule has 1 aromatic heterocycles. The summed E-state index contributed by atoms with van der Waals surface area (Å²) in [6.07, 6.45) is 10.0. The molecule has 0 saturated heterocycles. The largest absolute Gasteiger partial charge is 0.497 e. The molecule has 5 heteroatoms. The van der Waals surface area contributed by atoms with E-state index in [4.69, 9.17) is 9.84 Å². The van der Waals surface area contributed by atoms with Gasteiger partial charge in [0, 0.05) is 36.5 Å². The summed E-state index contributed by atoms with van der Waals surface area (Å²) in [5.41, 5.74) is 4.89. The number of benzene rings is 1. The lowest BCUT2D eigenvalue weighted by Gasteiger charge is -2.56. The first-order chi connectivity index (χ1) is 16.7. The lowest BCUT2D eigenvalue weighted by Crippen LogP contribution is -2.66. The molecule has 0 unspecified atom stereocenters. The van der Waals surface area contributed by atoms with Gasteiger partial charge in [-0.1, -0.05) is 25.8 Å². The third kappa shape index (κ3) is 4.03. The second-order valence-electron chi connectivity index (χ2n) is 11.8. The molecule has 5 nitrogen and oxygen atoms in total. The molecule has 2 fully saturated rings. The molecular weight excluding hydrogens is 434 g/mol. The zero-order valence-electron chi connectivity index (χ0n) is 22.7. The number of aromatic nitrogens is 2. The molecule has 3 aliphatic rings. The Kier molecular flexibility index (Phi) is 6.54. The second-order valence-corrected chi connectivity index (χ2v) is 11.8. The number of methoxy groups -OCH3 is 1. The lowest BCUT2D eigenvalue weighted by atomic mass is 9.54. The van der Waals surface area contributed by atoms with Gasteiger partial charge < -0.3 is 14.7 Å². The van der Waals surface area contributed by atoms with Crippen molar-refractivity contribution in [3.63, 3.8) is 0 Å². The van der Waals surface area contributed by atoms with Gasteiger partial charge in [-0.25, -0.2) is 0 Å². The molecule has 0 spiro atoms. The van der Waals surface area contributed by atoms with Crippen LogP contribution in [-0.4, -0.2) is 52.1 Å². The first kappa shape index (κ1) is 24.8. The average Bonchev–Trinajstić information content (AvgIpc) is 3.39. The molecule has 1 heterocycles. The predicted octanol–water partition coefficient (Wildman–Crippen LogP) is 5.53. The van der Waals surface area contributed by atoms with Crippen molar-refractivity contribution in [3.05, 3.63) is 46.3 Å². The van der Waals surface area contributed by atoms with Crippen molar-refractivity contribution in [1.29, 1.82) is 0 Å². The number of likely N-dealkylation sites (N-methyl/N-ethyl adjacent to an activating group) is 1. The van der Waals surface area contributed by atoms with Crippen LogP contribution in [-0.2, 0) is 18.3 Å². The van der Waals surface area contributed by atoms with Gasteiger partial charge in [-0.3, -0.25) is 4.68 Å². The Morgan fingerprint density at radius 2 is 1.89 bits per heavy atom. The lowest BCUT2D eigenvalue weighted by molar-refractivity contribution is -0.105. The topological polar surface area (TPSA) is 50.5 Å². The Balaban J connectivity index is 1.68. The molecular formula is C30H45N3O2. The molecule has 192 valence electrons. The van der Waals surface area contributed by atoms with Crippen molar-refractivity contribution < 1.29 is 9.84 Å². The van der Waals surface area contributed by atoms with Gasteiger partial charge in [0.25, 0.3) is 0 Å². The number of fused-ring (bicyclic) bond motifs is 1. The van der Waals surface area contributed by atoms with E-state index >= 15 is 0 Å². The summed E-state index contributed by atoms with van der Waals surface area (Å²) >= 11 is 0. The summed E-state index contributed by atoms with van der Waals surface area (Å²) in [6, 6.07) is 6.94. The highest BCUT2D eigenvalue weighted by Gasteiger charge is 2.58. The van der Waals surface area contributed by atoms with Crippen molar-refractivity contribution in [2.75, 3.05) is 20.7 Å². The zero-order valence-corrected chi connectivity index (χ0v) is 22.7. The predicted molar refractivity (Wildman–Crippen MR) is 141 cm³/mol. The summed E-state index contributed by atoms with van der Waals surface area (Å²) < 4.78 is 8.07. The molecule has 3 aliphatic carbocycles. The molecule has 2 aromatic rings. The van der Waals surface area contributed by atoms with E-state index in [1.54, 1.807) is 7.11 Å². The fraction of sp³-hybridized carbons (Fsp3) is 0.700. The number of ether oxygens (including phenoxy) is 1. The van der Waals surface area contributed by atoms with Crippen LogP contribution in [0.1, 0.15) is 92.9 Å². The Hall–Kier alpha value is -1.85. The molecule has 0 bridgehead atoms. The van der Waals surface area contributed by atoms with Crippen molar-refractivity contribution >= 4 is 0 Å². The van der Waals surface area contributed by atoms with Crippen LogP contribution in [0.25, 0.3) is 0 Å². The first-order valence-electron chi connectivity index (χ1n) is 13.9. The normalized spacial score (nSPS) is 27.9. The van der Waals surface area contributed by atoms with E-state index in [2.05, 4.69) is 56.5 Å². The number of nitrogens with zero attached hydrogens (tertiary/aromatic N) is 3. The van der Waals surface area contributed by atoms with Gasteiger partial charge >= 0.3 is 0 Å².